The van der Waals surface area contributed by atoms with Gasteiger partial charge >= 0.3 is 11.9 Å². The average Bonchev–Trinajstić information content (AvgIpc) is 2.87. The maximum Gasteiger partial charge on any atom is 0.337 e. The summed E-state index contributed by atoms with van der Waals surface area (Å²) in [5, 5.41) is 2.45. The summed E-state index contributed by atoms with van der Waals surface area (Å²) in [5.74, 6) is 0.0559. The molecule has 0 unspecified atom stereocenters. The maximum absolute atomic E-state index is 11.0. The minimum atomic E-state index is -0.429. The Hall–Kier alpha value is -4.12. The Bertz CT molecular complexity index is 1130. The molecular formula is C27H24O5. The minimum Gasteiger partial charge on any atom is -0.489 e. The molecule has 0 fully saturated rings. The van der Waals surface area contributed by atoms with Crippen molar-refractivity contribution in [3.8, 4) is 5.75 Å². The third-order valence-electron chi connectivity index (χ3n) is 4.70. The Labute approximate surface area is 187 Å². The van der Waals surface area contributed by atoms with E-state index >= 15 is 0 Å². The van der Waals surface area contributed by atoms with Crippen LogP contribution in [0.4, 0.5) is 0 Å². The molecule has 0 atom stereocenters. The SMILES string of the molecule is COC(=O)c1ccc(C(=O)OC)cc1.c1ccc(COc2ccc3ccccc3c2)cc1. The summed E-state index contributed by atoms with van der Waals surface area (Å²) < 4.78 is 14.8. The fourth-order valence-electron chi connectivity index (χ4n) is 2.98. The number of hydrogen-bond acceptors (Lipinski definition) is 5. The highest BCUT2D eigenvalue weighted by Gasteiger charge is 2.08. The van der Waals surface area contributed by atoms with Crippen molar-refractivity contribution >= 4 is 22.7 Å². The number of ether oxygens (including phenoxy) is 3. The standard InChI is InChI=1S/C17H14O.C10H10O4/c1-2-6-14(7-3-1)13-18-17-11-10-15-8-4-5-9-16(15)12-17;1-13-9(11)7-3-5-8(6-4-7)10(12)14-2/h1-12H,13H2;3-6H,1-2H3. The largest absolute Gasteiger partial charge is 0.489 e. The summed E-state index contributed by atoms with van der Waals surface area (Å²) in [4.78, 5) is 22.1. The van der Waals surface area contributed by atoms with Gasteiger partial charge in [-0.15, -0.1) is 0 Å². The van der Waals surface area contributed by atoms with E-state index in [-0.39, 0.29) is 0 Å². The molecule has 0 aliphatic heterocycles. The van der Waals surface area contributed by atoms with Crippen molar-refractivity contribution < 1.29 is 23.8 Å². The van der Waals surface area contributed by atoms with E-state index in [1.165, 1.54) is 54.8 Å². The monoisotopic (exact) mass is 428 g/mol. The van der Waals surface area contributed by atoms with Crippen molar-refractivity contribution in [2.45, 2.75) is 6.61 Å². The smallest absolute Gasteiger partial charge is 0.337 e. The summed E-state index contributed by atoms with van der Waals surface area (Å²) in [6, 6.07) is 30.8. The second kappa shape index (κ2) is 11.3. The van der Waals surface area contributed by atoms with Gasteiger partial charge < -0.3 is 14.2 Å². The summed E-state index contributed by atoms with van der Waals surface area (Å²) >= 11 is 0. The first-order valence-electron chi connectivity index (χ1n) is 10.0. The number of fused-ring (bicyclic) bond motifs is 1. The number of hydrogen-bond donors (Lipinski definition) is 0. The van der Waals surface area contributed by atoms with Crippen molar-refractivity contribution in [3.05, 3.63) is 114 Å². The highest BCUT2D eigenvalue weighted by atomic mass is 16.5. The molecular weight excluding hydrogens is 404 g/mol. The summed E-state index contributed by atoms with van der Waals surface area (Å²) in [7, 11) is 2.60. The third-order valence-corrected chi connectivity index (χ3v) is 4.70. The Morgan fingerprint density at radius 1 is 0.625 bits per heavy atom. The molecule has 0 heterocycles. The lowest BCUT2D eigenvalue weighted by Gasteiger charge is -2.07. The molecule has 0 aliphatic carbocycles. The predicted molar refractivity (Wildman–Crippen MR) is 124 cm³/mol. The van der Waals surface area contributed by atoms with Gasteiger partial charge in [0.25, 0.3) is 0 Å². The molecule has 0 saturated carbocycles. The lowest BCUT2D eigenvalue weighted by atomic mass is 10.1. The van der Waals surface area contributed by atoms with Crippen molar-refractivity contribution in [2.75, 3.05) is 14.2 Å². The van der Waals surface area contributed by atoms with Gasteiger partial charge in [0.2, 0.25) is 0 Å². The van der Waals surface area contributed by atoms with Crippen molar-refractivity contribution in [2.24, 2.45) is 0 Å². The number of carbonyl (C=O) groups is 2. The van der Waals surface area contributed by atoms with Gasteiger partial charge in [-0.25, -0.2) is 9.59 Å². The quantitative estimate of drug-likeness (QED) is 0.383. The van der Waals surface area contributed by atoms with Crippen LogP contribution in [0.2, 0.25) is 0 Å². The first-order valence-corrected chi connectivity index (χ1v) is 10.0. The van der Waals surface area contributed by atoms with Gasteiger partial charge in [-0.1, -0.05) is 60.7 Å². The topological polar surface area (TPSA) is 61.8 Å². The number of benzene rings is 4. The Morgan fingerprint density at radius 2 is 1.16 bits per heavy atom. The van der Waals surface area contributed by atoms with Gasteiger partial charge in [0.05, 0.1) is 25.3 Å². The van der Waals surface area contributed by atoms with Crippen LogP contribution in [0.25, 0.3) is 10.8 Å². The molecule has 0 saturated heterocycles. The van der Waals surface area contributed by atoms with E-state index in [0.717, 1.165) is 5.75 Å². The lowest BCUT2D eigenvalue weighted by Crippen LogP contribution is -2.04. The van der Waals surface area contributed by atoms with E-state index < -0.39 is 11.9 Å². The Morgan fingerprint density at radius 3 is 1.72 bits per heavy atom. The van der Waals surface area contributed by atoms with Crippen molar-refractivity contribution in [1.29, 1.82) is 0 Å². The van der Waals surface area contributed by atoms with E-state index in [0.29, 0.717) is 17.7 Å². The zero-order valence-corrected chi connectivity index (χ0v) is 18.0. The first kappa shape index (κ1) is 22.6. The van der Waals surface area contributed by atoms with Crippen LogP contribution < -0.4 is 4.74 Å². The van der Waals surface area contributed by atoms with Crippen LogP contribution in [0.3, 0.4) is 0 Å². The number of rotatable bonds is 5. The van der Waals surface area contributed by atoms with Gasteiger partial charge in [0, 0.05) is 0 Å². The molecule has 0 amide bonds. The van der Waals surface area contributed by atoms with Gasteiger partial charge in [0.1, 0.15) is 12.4 Å². The van der Waals surface area contributed by atoms with Gasteiger partial charge in [-0.05, 0) is 52.7 Å². The molecule has 162 valence electrons. The lowest BCUT2D eigenvalue weighted by molar-refractivity contribution is 0.0586. The Kier molecular flexibility index (Phi) is 7.98. The van der Waals surface area contributed by atoms with Crippen LogP contribution in [0.15, 0.2) is 97.1 Å². The van der Waals surface area contributed by atoms with Gasteiger partial charge in [0.15, 0.2) is 0 Å². The van der Waals surface area contributed by atoms with Crippen LogP contribution in [0.1, 0.15) is 26.3 Å². The fraction of sp³-hybridized carbons (Fsp3) is 0.111. The molecule has 4 aromatic carbocycles. The zero-order valence-electron chi connectivity index (χ0n) is 18.0. The molecule has 5 nitrogen and oxygen atoms in total. The van der Waals surface area contributed by atoms with Crippen LogP contribution in [0.5, 0.6) is 5.75 Å². The number of carbonyl (C=O) groups excluding carboxylic acids is 2. The van der Waals surface area contributed by atoms with Crippen LogP contribution in [-0.2, 0) is 16.1 Å². The first-order chi connectivity index (χ1) is 15.6. The molecule has 4 rings (SSSR count). The summed E-state index contributed by atoms with van der Waals surface area (Å²) in [5.41, 5.74) is 1.99. The van der Waals surface area contributed by atoms with Crippen LogP contribution >= 0.6 is 0 Å². The predicted octanol–water partition coefficient (Wildman–Crippen LogP) is 5.68. The number of methoxy groups -OCH3 is 2. The molecule has 0 aromatic heterocycles. The van der Waals surface area contributed by atoms with Crippen LogP contribution in [0, 0.1) is 0 Å². The van der Waals surface area contributed by atoms with E-state index in [1.807, 2.05) is 36.4 Å². The molecule has 0 N–H and O–H groups in total. The highest BCUT2D eigenvalue weighted by molar-refractivity contribution is 5.93. The van der Waals surface area contributed by atoms with Gasteiger partial charge in [-0.3, -0.25) is 0 Å². The third kappa shape index (κ3) is 6.19. The minimum absolute atomic E-state index is 0.403. The van der Waals surface area contributed by atoms with E-state index in [4.69, 9.17) is 4.74 Å². The van der Waals surface area contributed by atoms with E-state index in [1.54, 1.807) is 0 Å². The second-order valence-corrected chi connectivity index (χ2v) is 6.84. The normalized spacial score (nSPS) is 9.94. The Balaban J connectivity index is 0.000000188. The van der Waals surface area contributed by atoms with Crippen molar-refractivity contribution in [1.82, 2.24) is 0 Å². The average molecular weight is 428 g/mol. The molecule has 0 radical (unpaired) electrons. The molecule has 0 spiro atoms. The molecule has 0 aliphatic rings. The molecule has 4 aromatic rings. The van der Waals surface area contributed by atoms with Crippen LogP contribution in [-0.4, -0.2) is 26.2 Å². The number of esters is 2. The summed E-state index contributed by atoms with van der Waals surface area (Å²) in [6.07, 6.45) is 0. The van der Waals surface area contributed by atoms with E-state index in [2.05, 4.69) is 45.9 Å². The van der Waals surface area contributed by atoms with Gasteiger partial charge in [-0.2, -0.15) is 0 Å². The van der Waals surface area contributed by atoms with Crippen molar-refractivity contribution in [3.63, 3.8) is 0 Å². The molecule has 5 heteroatoms. The van der Waals surface area contributed by atoms with E-state index in [9.17, 15) is 9.59 Å². The summed E-state index contributed by atoms with van der Waals surface area (Å²) in [6.45, 7) is 0.610. The second-order valence-electron chi connectivity index (χ2n) is 6.84. The molecule has 0 bridgehead atoms. The molecule has 32 heavy (non-hydrogen) atoms. The highest BCUT2D eigenvalue weighted by Crippen LogP contribution is 2.21. The fourth-order valence-corrected chi connectivity index (χ4v) is 2.98. The zero-order chi connectivity index (χ0) is 22.8. The maximum atomic E-state index is 11.0.